The van der Waals surface area contributed by atoms with Crippen LogP contribution < -0.4 is 9.47 Å². The molecule has 2 rings (SSSR count). The first-order chi connectivity index (χ1) is 13.6. The zero-order valence-corrected chi connectivity index (χ0v) is 16.8. The van der Waals surface area contributed by atoms with Crippen molar-refractivity contribution in [3.8, 4) is 22.6 Å². The zero-order chi connectivity index (χ0) is 20.2. The van der Waals surface area contributed by atoms with Crippen LogP contribution in [0.15, 0.2) is 48.5 Å². The van der Waals surface area contributed by atoms with Crippen molar-refractivity contribution in [3.63, 3.8) is 0 Å². The van der Waals surface area contributed by atoms with Gasteiger partial charge in [0, 0.05) is 6.08 Å². The average Bonchev–Trinajstić information content (AvgIpc) is 2.72. The molecule has 0 atom stereocenters. The van der Waals surface area contributed by atoms with Crippen molar-refractivity contribution >= 4 is 12.0 Å². The number of aliphatic carboxylic acids is 1. The number of carboxylic acid groups (broad SMARTS) is 1. The van der Waals surface area contributed by atoms with Crippen LogP contribution in [0, 0.1) is 0 Å². The Kier molecular flexibility index (Phi) is 9.13. The summed E-state index contributed by atoms with van der Waals surface area (Å²) < 4.78 is 11.4. The highest BCUT2D eigenvalue weighted by Gasteiger charge is 2.07. The van der Waals surface area contributed by atoms with Crippen LogP contribution in [0.3, 0.4) is 0 Å². The maximum atomic E-state index is 10.6. The first-order valence-electron chi connectivity index (χ1n) is 9.96. The fourth-order valence-corrected chi connectivity index (χ4v) is 2.99. The highest BCUT2D eigenvalue weighted by molar-refractivity contribution is 5.85. The van der Waals surface area contributed by atoms with E-state index in [2.05, 4.69) is 6.92 Å². The zero-order valence-electron chi connectivity index (χ0n) is 16.8. The minimum absolute atomic E-state index is 0.685. The number of benzene rings is 2. The molecule has 0 saturated heterocycles. The average molecular weight is 383 g/mol. The lowest BCUT2D eigenvalue weighted by molar-refractivity contribution is -0.131. The van der Waals surface area contributed by atoms with Crippen molar-refractivity contribution < 1.29 is 19.4 Å². The molecule has 0 amide bonds. The summed E-state index contributed by atoms with van der Waals surface area (Å²) in [6, 6.07) is 13.7. The van der Waals surface area contributed by atoms with Gasteiger partial charge < -0.3 is 14.6 Å². The Morgan fingerprint density at radius 2 is 1.61 bits per heavy atom. The molecule has 0 bridgehead atoms. The second-order valence-corrected chi connectivity index (χ2v) is 6.78. The topological polar surface area (TPSA) is 55.8 Å². The van der Waals surface area contributed by atoms with E-state index in [9.17, 15) is 4.79 Å². The van der Waals surface area contributed by atoms with E-state index in [1.807, 2.05) is 42.5 Å². The Hall–Kier alpha value is -2.75. The minimum atomic E-state index is -0.952. The predicted octanol–water partition coefficient (Wildman–Crippen LogP) is 6.20. The molecule has 0 heterocycles. The number of hydrogen-bond donors (Lipinski definition) is 1. The van der Waals surface area contributed by atoms with Gasteiger partial charge >= 0.3 is 5.97 Å². The van der Waals surface area contributed by atoms with Crippen LogP contribution in [0.25, 0.3) is 17.2 Å². The molecular formula is C24H30O4. The molecule has 0 unspecified atom stereocenters. The Morgan fingerprint density at radius 1 is 0.929 bits per heavy atom. The van der Waals surface area contributed by atoms with Gasteiger partial charge in [-0.3, -0.25) is 0 Å². The summed E-state index contributed by atoms with van der Waals surface area (Å²) in [4.78, 5) is 10.6. The maximum absolute atomic E-state index is 10.6. The van der Waals surface area contributed by atoms with E-state index in [1.165, 1.54) is 32.1 Å². The summed E-state index contributed by atoms with van der Waals surface area (Å²) in [5.74, 6) is 0.533. The molecule has 2 aromatic carbocycles. The van der Waals surface area contributed by atoms with E-state index in [1.54, 1.807) is 13.2 Å². The molecule has 0 saturated carbocycles. The summed E-state index contributed by atoms with van der Waals surface area (Å²) in [6.45, 7) is 2.91. The summed E-state index contributed by atoms with van der Waals surface area (Å²) in [5, 5.41) is 8.72. The molecule has 0 aliphatic carbocycles. The van der Waals surface area contributed by atoms with Gasteiger partial charge in [-0.25, -0.2) is 4.79 Å². The molecule has 4 nitrogen and oxygen atoms in total. The lowest BCUT2D eigenvalue weighted by Gasteiger charge is -2.13. The van der Waals surface area contributed by atoms with Crippen LogP contribution in [0.2, 0.25) is 0 Å². The highest BCUT2D eigenvalue weighted by Crippen LogP contribution is 2.33. The van der Waals surface area contributed by atoms with Crippen LogP contribution in [0.4, 0.5) is 0 Å². The van der Waals surface area contributed by atoms with Gasteiger partial charge in [0.25, 0.3) is 0 Å². The Morgan fingerprint density at radius 3 is 2.29 bits per heavy atom. The van der Waals surface area contributed by atoms with Gasteiger partial charge in [0.2, 0.25) is 0 Å². The number of ether oxygens (including phenoxy) is 2. The van der Waals surface area contributed by atoms with Gasteiger partial charge in [-0.15, -0.1) is 0 Å². The van der Waals surface area contributed by atoms with E-state index in [0.717, 1.165) is 40.7 Å². The third-order valence-electron chi connectivity index (χ3n) is 4.58. The molecule has 150 valence electrons. The molecule has 0 aliphatic heterocycles. The lowest BCUT2D eigenvalue weighted by Crippen LogP contribution is -1.99. The number of rotatable bonds is 12. The third-order valence-corrected chi connectivity index (χ3v) is 4.58. The second kappa shape index (κ2) is 11.9. The van der Waals surface area contributed by atoms with Gasteiger partial charge in [-0.2, -0.15) is 0 Å². The van der Waals surface area contributed by atoms with Gasteiger partial charge in [0.1, 0.15) is 0 Å². The Bertz CT molecular complexity index is 763. The molecule has 28 heavy (non-hydrogen) atoms. The molecule has 0 aliphatic rings. The summed E-state index contributed by atoms with van der Waals surface area (Å²) >= 11 is 0. The van der Waals surface area contributed by atoms with E-state index >= 15 is 0 Å². The van der Waals surface area contributed by atoms with Gasteiger partial charge in [-0.1, -0.05) is 69.4 Å². The summed E-state index contributed by atoms with van der Waals surface area (Å²) in [7, 11) is 1.65. The van der Waals surface area contributed by atoms with Crippen LogP contribution in [-0.2, 0) is 4.79 Å². The second-order valence-electron chi connectivity index (χ2n) is 6.78. The molecule has 0 aromatic heterocycles. The summed E-state index contributed by atoms with van der Waals surface area (Å²) in [5.41, 5.74) is 2.92. The standard InChI is InChI=1S/C24H30O4/c1-3-4-5-6-7-8-17-28-23-18-21(14-15-22(23)27-2)20-12-9-19(10-13-20)11-16-24(25)26/h9-16,18H,3-8,17H2,1-2H3,(H,25,26)/b16-11+. The van der Waals surface area contributed by atoms with E-state index in [0.29, 0.717) is 6.61 Å². The monoisotopic (exact) mass is 382 g/mol. The molecule has 0 fully saturated rings. The lowest BCUT2D eigenvalue weighted by atomic mass is 10.0. The van der Waals surface area contributed by atoms with Crippen molar-refractivity contribution in [3.05, 3.63) is 54.1 Å². The van der Waals surface area contributed by atoms with Gasteiger partial charge in [0.15, 0.2) is 11.5 Å². The highest BCUT2D eigenvalue weighted by atomic mass is 16.5. The maximum Gasteiger partial charge on any atom is 0.328 e. The number of carboxylic acids is 1. The number of methoxy groups -OCH3 is 1. The fraction of sp³-hybridized carbons (Fsp3) is 0.375. The van der Waals surface area contributed by atoms with Crippen LogP contribution in [-0.4, -0.2) is 24.8 Å². The Labute approximate surface area is 167 Å². The smallest absolute Gasteiger partial charge is 0.328 e. The minimum Gasteiger partial charge on any atom is -0.493 e. The van der Waals surface area contributed by atoms with Crippen LogP contribution >= 0.6 is 0 Å². The van der Waals surface area contributed by atoms with Gasteiger partial charge in [-0.05, 0) is 41.3 Å². The summed E-state index contributed by atoms with van der Waals surface area (Å²) in [6.07, 6.45) is 10.1. The quantitative estimate of drug-likeness (QED) is 0.351. The van der Waals surface area contributed by atoms with Crippen molar-refractivity contribution in [2.75, 3.05) is 13.7 Å². The third kappa shape index (κ3) is 7.10. The van der Waals surface area contributed by atoms with Crippen LogP contribution in [0.1, 0.15) is 51.0 Å². The number of unbranched alkanes of at least 4 members (excludes halogenated alkanes) is 5. The number of carbonyl (C=O) groups is 1. The first kappa shape index (κ1) is 21.5. The Balaban J connectivity index is 2.00. The van der Waals surface area contributed by atoms with Gasteiger partial charge in [0.05, 0.1) is 13.7 Å². The molecule has 0 spiro atoms. The normalized spacial score (nSPS) is 10.9. The molecule has 1 N–H and O–H groups in total. The van der Waals surface area contributed by atoms with E-state index in [4.69, 9.17) is 14.6 Å². The van der Waals surface area contributed by atoms with E-state index in [-0.39, 0.29) is 0 Å². The molecule has 2 aromatic rings. The van der Waals surface area contributed by atoms with E-state index < -0.39 is 5.97 Å². The predicted molar refractivity (Wildman–Crippen MR) is 114 cm³/mol. The largest absolute Gasteiger partial charge is 0.493 e. The molecule has 0 radical (unpaired) electrons. The van der Waals surface area contributed by atoms with Crippen LogP contribution in [0.5, 0.6) is 11.5 Å². The number of hydrogen-bond acceptors (Lipinski definition) is 3. The fourth-order valence-electron chi connectivity index (χ4n) is 2.99. The van der Waals surface area contributed by atoms with Crippen molar-refractivity contribution in [2.45, 2.75) is 45.4 Å². The molecular weight excluding hydrogens is 352 g/mol. The van der Waals surface area contributed by atoms with Crippen molar-refractivity contribution in [1.29, 1.82) is 0 Å². The van der Waals surface area contributed by atoms with Crippen molar-refractivity contribution in [1.82, 2.24) is 0 Å². The van der Waals surface area contributed by atoms with Crippen molar-refractivity contribution in [2.24, 2.45) is 0 Å². The molecule has 4 heteroatoms. The SMILES string of the molecule is CCCCCCCCOc1cc(-c2ccc(/C=C/C(=O)O)cc2)ccc1OC. The first-order valence-corrected chi connectivity index (χ1v) is 9.96.